The van der Waals surface area contributed by atoms with Crippen molar-refractivity contribution in [2.24, 2.45) is 5.41 Å². The van der Waals surface area contributed by atoms with Gasteiger partial charge in [-0.2, -0.15) is 0 Å². The van der Waals surface area contributed by atoms with Crippen molar-refractivity contribution in [3.05, 3.63) is 29.8 Å². The van der Waals surface area contributed by atoms with E-state index >= 15 is 0 Å². The molecule has 1 nitrogen and oxygen atoms in total. The molecule has 0 heterocycles. The molecule has 1 aromatic rings. The fourth-order valence-electron chi connectivity index (χ4n) is 0.848. The highest BCUT2D eigenvalue weighted by Gasteiger charge is 2.03. The van der Waals surface area contributed by atoms with E-state index < -0.39 is 0 Å². The second-order valence-electron chi connectivity index (χ2n) is 4.20. The summed E-state index contributed by atoms with van der Waals surface area (Å²) in [5.41, 5.74) is 5.98. The highest BCUT2D eigenvalue weighted by molar-refractivity contribution is 5.40. The molecule has 76 valence electrons. The molecular weight excluding hydrogens is 194 g/mol. The van der Waals surface area contributed by atoms with Crippen LogP contribution in [0.1, 0.15) is 26.3 Å². The highest BCUT2D eigenvalue weighted by atomic mass is 35.5. The maximum absolute atomic E-state index is 3.82. The summed E-state index contributed by atoms with van der Waals surface area (Å²) in [4.78, 5) is 0. The van der Waals surface area contributed by atoms with Gasteiger partial charge in [0.15, 0.2) is 0 Å². The summed E-state index contributed by atoms with van der Waals surface area (Å²) < 4.78 is 0. The molecule has 2 heteroatoms. The fraction of sp³-hybridized carbons (Fsp3) is 0.333. The van der Waals surface area contributed by atoms with Crippen molar-refractivity contribution in [2.75, 3.05) is 0 Å². The highest BCUT2D eigenvalue weighted by Crippen LogP contribution is 2.11. The van der Waals surface area contributed by atoms with Gasteiger partial charge in [0, 0.05) is 23.1 Å². The molecule has 0 amide bonds. The standard InChI is InChI=1S/C12H15N.ClH/c1-12(2,3)9-8-10-4-6-11(13)7-5-10;/h4-7H,13H2,1-3H3;1H. The van der Waals surface area contributed by atoms with Crippen LogP contribution in [-0.4, -0.2) is 0 Å². The molecule has 0 aliphatic carbocycles. The fourth-order valence-corrected chi connectivity index (χ4v) is 0.848. The van der Waals surface area contributed by atoms with E-state index in [1.165, 1.54) is 0 Å². The molecule has 0 aromatic heterocycles. The molecule has 0 aliphatic heterocycles. The summed E-state index contributed by atoms with van der Waals surface area (Å²) in [5, 5.41) is 0. The lowest BCUT2D eigenvalue weighted by molar-refractivity contribution is -0.254. The molecule has 0 radical (unpaired) electrons. The Balaban J connectivity index is 0.00000169. The second-order valence-corrected chi connectivity index (χ2v) is 4.20. The third-order valence-electron chi connectivity index (χ3n) is 1.54. The van der Waals surface area contributed by atoms with E-state index in [1.54, 1.807) is 0 Å². The lowest BCUT2D eigenvalue weighted by Crippen LogP contribution is -3.00. The zero-order valence-corrected chi connectivity index (χ0v) is 9.65. The van der Waals surface area contributed by atoms with Crippen LogP contribution in [0.15, 0.2) is 24.3 Å². The minimum Gasteiger partial charge on any atom is -1.00 e. The van der Waals surface area contributed by atoms with E-state index in [2.05, 4.69) is 38.3 Å². The Morgan fingerprint density at radius 2 is 1.57 bits per heavy atom. The van der Waals surface area contributed by atoms with Crippen LogP contribution < -0.4 is 18.1 Å². The summed E-state index contributed by atoms with van der Waals surface area (Å²) in [6, 6.07) is 7.96. The van der Waals surface area contributed by atoms with Crippen LogP contribution in [0.25, 0.3) is 0 Å². The Kier molecular flexibility index (Phi) is 4.70. The number of halogens is 1. The Labute approximate surface area is 92.1 Å². The summed E-state index contributed by atoms with van der Waals surface area (Å²) in [6.45, 7) is 6.32. The van der Waals surface area contributed by atoms with Crippen LogP contribution in [0.4, 0.5) is 5.69 Å². The van der Waals surface area contributed by atoms with Crippen LogP contribution >= 0.6 is 0 Å². The Hall–Kier alpha value is -0.970. The summed E-state index contributed by atoms with van der Waals surface area (Å²) in [6.07, 6.45) is 0. The number of hydrogen-bond donors (Lipinski definition) is 1. The molecule has 0 saturated carbocycles. The Morgan fingerprint density at radius 3 is 2.00 bits per heavy atom. The molecule has 1 rings (SSSR count). The maximum Gasteiger partial charge on any atom is 0.127 e. The van der Waals surface area contributed by atoms with E-state index in [4.69, 9.17) is 0 Å². The van der Waals surface area contributed by atoms with E-state index in [-0.39, 0.29) is 17.8 Å². The van der Waals surface area contributed by atoms with Gasteiger partial charge < -0.3 is 18.1 Å². The summed E-state index contributed by atoms with van der Waals surface area (Å²) in [5.74, 6) is 6.32. The first-order chi connectivity index (χ1) is 5.97. The predicted molar refractivity (Wildman–Crippen MR) is 55.3 cm³/mol. The topological polar surface area (TPSA) is 27.6 Å². The molecule has 0 atom stereocenters. The summed E-state index contributed by atoms with van der Waals surface area (Å²) in [7, 11) is 0. The SMILES string of the molecule is CC(C)(C)C#Cc1ccc([NH3+])cc1.[Cl-]. The first-order valence-electron chi connectivity index (χ1n) is 4.42. The largest absolute Gasteiger partial charge is 1.00 e. The van der Waals surface area contributed by atoms with Gasteiger partial charge in [0.2, 0.25) is 0 Å². The smallest absolute Gasteiger partial charge is 0.127 e. The van der Waals surface area contributed by atoms with E-state index in [0.29, 0.717) is 0 Å². The minimum atomic E-state index is 0. The average molecular weight is 210 g/mol. The van der Waals surface area contributed by atoms with E-state index in [9.17, 15) is 0 Å². The Morgan fingerprint density at radius 1 is 1.07 bits per heavy atom. The van der Waals surface area contributed by atoms with Crippen molar-refractivity contribution in [2.45, 2.75) is 20.8 Å². The van der Waals surface area contributed by atoms with Crippen LogP contribution in [-0.2, 0) is 0 Å². The van der Waals surface area contributed by atoms with Crippen molar-refractivity contribution in [3.8, 4) is 11.8 Å². The van der Waals surface area contributed by atoms with Crippen LogP contribution in [0.3, 0.4) is 0 Å². The monoisotopic (exact) mass is 209 g/mol. The number of quaternary nitrogens is 1. The molecule has 1 aromatic carbocycles. The molecule has 0 aliphatic rings. The summed E-state index contributed by atoms with van der Waals surface area (Å²) >= 11 is 0. The van der Waals surface area contributed by atoms with Crippen molar-refractivity contribution in [1.29, 1.82) is 0 Å². The van der Waals surface area contributed by atoms with Gasteiger partial charge >= 0.3 is 0 Å². The Bertz CT molecular complexity index is 335. The first-order valence-corrected chi connectivity index (χ1v) is 4.42. The zero-order chi connectivity index (χ0) is 9.90. The predicted octanol–water partition coefficient (Wildman–Crippen LogP) is -1.04. The van der Waals surface area contributed by atoms with Gasteiger partial charge in [-0.3, -0.25) is 0 Å². The van der Waals surface area contributed by atoms with Gasteiger partial charge in [-0.15, -0.1) is 0 Å². The van der Waals surface area contributed by atoms with Gasteiger partial charge in [-0.05, 0) is 32.9 Å². The third-order valence-corrected chi connectivity index (χ3v) is 1.54. The molecule has 0 fully saturated rings. The quantitative estimate of drug-likeness (QED) is 0.529. The molecule has 0 unspecified atom stereocenters. The normalized spacial score (nSPS) is 9.71. The number of rotatable bonds is 0. The van der Waals surface area contributed by atoms with Crippen molar-refractivity contribution < 1.29 is 18.1 Å². The van der Waals surface area contributed by atoms with Crippen molar-refractivity contribution >= 4 is 5.69 Å². The van der Waals surface area contributed by atoms with Gasteiger partial charge in [-0.1, -0.05) is 11.8 Å². The maximum atomic E-state index is 3.82. The molecule has 0 spiro atoms. The van der Waals surface area contributed by atoms with Crippen LogP contribution in [0.2, 0.25) is 0 Å². The van der Waals surface area contributed by atoms with Crippen LogP contribution in [0, 0.1) is 17.3 Å². The average Bonchev–Trinajstić information content (AvgIpc) is 2.02. The van der Waals surface area contributed by atoms with Crippen molar-refractivity contribution in [1.82, 2.24) is 0 Å². The lowest BCUT2D eigenvalue weighted by atomic mass is 9.97. The van der Waals surface area contributed by atoms with Crippen molar-refractivity contribution in [3.63, 3.8) is 0 Å². The molecule has 0 saturated heterocycles. The van der Waals surface area contributed by atoms with Gasteiger partial charge in [0.05, 0.1) is 0 Å². The van der Waals surface area contributed by atoms with Gasteiger partial charge in [0.25, 0.3) is 0 Å². The third kappa shape index (κ3) is 4.91. The zero-order valence-electron chi connectivity index (χ0n) is 8.89. The molecular formula is C12H16ClN. The minimum absolute atomic E-state index is 0. The molecule has 14 heavy (non-hydrogen) atoms. The number of benzene rings is 1. The van der Waals surface area contributed by atoms with Crippen LogP contribution in [0.5, 0.6) is 0 Å². The lowest BCUT2D eigenvalue weighted by Gasteiger charge is -2.06. The van der Waals surface area contributed by atoms with Gasteiger partial charge in [-0.25, -0.2) is 0 Å². The van der Waals surface area contributed by atoms with E-state index in [0.717, 1.165) is 11.3 Å². The molecule has 3 N–H and O–H groups in total. The van der Waals surface area contributed by atoms with Gasteiger partial charge in [0.1, 0.15) is 5.69 Å². The van der Waals surface area contributed by atoms with E-state index in [1.807, 2.05) is 24.3 Å². The second kappa shape index (κ2) is 5.05. The number of hydrogen-bond acceptors (Lipinski definition) is 0. The molecule has 0 bridgehead atoms. The first kappa shape index (κ1) is 13.0.